The summed E-state index contributed by atoms with van der Waals surface area (Å²) in [4.78, 5) is 4.23. The van der Waals surface area contributed by atoms with Gasteiger partial charge in [0.05, 0.1) is 5.69 Å². The molecule has 2 heterocycles. The summed E-state index contributed by atoms with van der Waals surface area (Å²) in [5.41, 5.74) is 2.81. The van der Waals surface area contributed by atoms with E-state index in [0.29, 0.717) is 5.69 Å². The third-order valence-electron chi connectivity index (χ3n) is 2.54. The van der Waals surface area contributed by atoms with Crippen molar-refractivity contribution in [3.8, 4) is 6.07 Å². The average molecular weight is 226 g/mol. The number of pyridine rings is 1. The molecule has 17 heavy (non-hydrogen) atoms. The van der Waals surface area contributed by atoms with Crippen LogP contribution >= 0.6 is 0 Å². The standard InChI is InChI=1S/C13H14N4/c1-17-10-11(6-13(17)7-14)8-15-9-12-4-2-3-5-16-12/h2-6,10,15H,8-9H2,1H3. The highest BCUT2D eigenvalue weighted by Gasteiger charge is 2.01. The topological polar surface area (TPSA) is 53.6 Å². The SMILES string of the molecule is Cn1cc(CNCc2ccccn2)cc1C#N. The molecule has 0 spiro atoms. The number of nitriles is 1. The molecule has 2 aromatic heterocycles. The lowest BCUT2D eigenvalue weighted by molar-refractivity contribution is 0.678. The van der Waals surface area contributed by atoms with Crippen LogP contribution in [0.2, 0.25) is 0 Å². The number of hydrogen-bond acceptors (Lipinski definition) is 3. The van der Waals surface area contributed by atoms with E-state index in [9.17, 15) is 0 Å². The number of aromatic nitrogens is 2. The Hall–Kier alpha value is -2.12. The minimum atomic E-state index is 0.680. The Bertz CT molecular complexity index is 522. The minimum Gasteiger partial charge on any atom is -0.342 e. The van der Waals surface area contributed by atoms with E-state index in [1.807, 2.05) is 42.1 Å². The molecule has 0 aliphatic rings. The highest BCUT2D eigenvalue weighted by atomic mass is 14.9. The highest BCUT2D eigenvalue weighted by molar-refractivity contribution is 5.28. The van der Waals surface area contributed by atoms with E-state index in [-0.39, 0.29) is 0 Å². The lowest BCUT2D eigenvalue weighted by atomic mass is 10.3. The number of nitrogens with zero attached hydrogens (tertiary/aromatic N) is 3. The van der Waals surface area contributed by atoms with Gasteiger partial charge in [-0.15, -0.1) is 0 Å². The molecule has 4 heteroatoms. The van der Waals surface area contributed by atoms with E-state index >= 15 is 0 Å². The Morgan fingerprint density at radius 1 is 1.41 bits per heavy atom. The lowest BCUT2D eigenvalue weighted by Crippen LogP contribution is -2.13. The Labute approximate surface area is 101 Å². The van der Waals surface area contributed by atoms with Gasteiger partial charge in [-0.3, -0.25) is 4.98 Å². The lowest BCUT2D eigenvalue weighted by Gasteiger charge is -2.01. The Morgan fingerprint density at radius 2 is 2.29 bits per heavy atom. The molecule has 0 aliphatic carbocycles. The van der Waals surface area contributed by atoms with Crippen molar-refractivity contribution in [3.63, 3.8) is 0 Å². The average Bonchev–Trinajstić information content (AvgIpc) is 2.71. The zero-order valence-electron chi connectivity index (χ0n) is 9.72. The maximum absolute atomic E-state index is 8.83. The highest BCUT2D eigenvalue weighted by Crippen LogP contribution is 2.05. The van der Waals surface area contributed by atoms with Crippen molar-refractivity contribution in [2.75, 3.05) is 0 Å². The van der Waals surface area contributed by atoms with Crippen molar-refractivity contribution in [3.05, 3.63) is 53.6 Å². The molecule has 4 nitrogen and oxygen atoms in total. The van der Waals surface area contributed by atoms with Crippen molar-refractivity contribution >= 4 is 0 Å². The molecule has 0 radical (unpaired) electrons. The van der Waals surface area contributed by atoms with E-state index in [1.165, 1.54) is 0 Å². The third kappa shape index (κ3) is 2.92. The Morgan fingerprint density at radius 3 is 2.94 bits per heavy atom. The molecule has 0 saturated carbocycles. The van der Waals surface area contributed by atoms with Gasteiger partial charge >= 0.3 is 0 Å². The number of nitrogens with one attached hydrogen (secondary N) is 1. The summed E-state index contributed by atoms with van der Waals surface area (Å²) in [6, 6.07) is 9.90. The molecule has 2 aromatic rings. The molecule has 0 amide bonds. The van der Waals surface area contributed by atoms with E-state index < -0.39 is 0 Å². The normalized spacial score (nSPS) is 10.1. The van der Waals surface area contributed by atoms with Crippen molar-refractivity contribution in [1.82, 2.24) is 14.9 Å². The van der Waals surface area contributed by atoms with Gasteiger partial charge in [-0.2, -0.15) is 5.26 Å². The molecule has 2 rings (SSSR count). The van der Waals surface area contributed by atoms with Gasteiger partial charge in [0.25, 0.3) is 0 Å². The fourth-order valence-electron chi connectivity index (χ4n) is 1.68. The van der Waals surface area contributed by atoms with Crippen LogP contribution in [0.25, 0.3) is 0 Å². The van der Waals surface area contributed by atoms with Crippen molar-refractivity contribution in [2.45, 2.75) is 13.1 Å². The van der Waals surface area contributed by atoms with Crippen molar-refractivity contribution in [2.24, 2.45) is 7.05 Å². The smallest absolute Gasteiger partial charge is 0.120 e. The predicted molar refractivity (Wildman–Crippen MR) is 64.9 cm³/mol. The van der Waals surface area contributed by atoms with Crippen LogP contribution in [0.15, 0.2) is 36.7 Å². The van der Waals surface area contributed by atoms with Crippen LogP contribution in [0, 0.1) is 11.3 Å². The first-order valence-electron chi connectivity index (χ1n) is 5.45. The summed E-state index contributed by atoms with van der Waals surface area (Å²) in [6.45, 7) is 1.48. The van der Waals surface area contributed by atoms with Gasteiger partial charge in [0.2, 0.25) is 0 Å². The van der Waals surface area contributed by atoms with Crippen LogP contribution in [0.5, 0.6) is 0 Å². The molecule has 0 bridgehead atoms. The summed E-state index contributed by atoms with van der Waals surface area (Å²) in [7, 11) is 1.88. The zero-order valence-corrected chi connectivity index (χ0v) is 9.72. The van der Waals surface area contributed by atoms with E-state index in [4.69, 9.17) is 5.26 Å². The molecule has 0 saturated heterocycles. The second-order valence-corrected chi connectivity index (χ2v) is 3.88. The monoisotopic (exact) mass is 226 g/mol. The molecule has 0 unspecified atom stereocenters. The summed E-state index contributed by atoms with van der Waals surface area (Å²) >= 11 is 0. The van der Waals surface area contributed by atoms with Crippen LogP contribution in [-0.4, -0.2) is 9.55 Å². The quantitative estimate of drug-likeness (QED) is 0.861. The van der Waals surface area contributed by atoms with Gasteiger partial charge in [0.15, 0.2) is 0 Å². The zero-order chi connectivity index (χ0) is 12.1. The van der Waals surface area contributed by atoms with Gasteiger partial charge in [0, 0.05) is 32.5 Å². The summed E-state index contributed by atoms with van der Waals surface area (Å²) in [6.07, 6.45) is 3.75. The number of hydrogen-bond donors (Lipinski definition) is 1. The largest absolute Gasteiger partial charge is 0.342 e. The van der Waals surface area contributed by atoms with E-state index in [2.05, 4.69) is 16.4 Å². The number of aryl methyl sites for hydroxylation is 1. The Balaban J connectivity index is 1.88. The first-order chi connectivity index (χ1) is 8.29. The van der Waals surface area contributed by atoms with E-state index in [1.54, 1.807) is 6.20 Å². The second kappa shape index (κ2) is 5.28. The van der Waals surface area contributed by atoms with E-state index in [0.717, 1.165) is 24.3 Å². The Kier molecular flexibility index (Phi) is 3.53. The van der Waals surface area contributed by atoms with Gasteiger partial charge in [0.1, 0.15) is 11.8 Å². The van der Waals surface area contributed by atoms with Gasteiger partial charge in [-0.25, -0.2) is 0 Å². The van der Waals surface area contributed by atoms with Crippen LogP contribution in [-0.2, 0) is 20.1 Å². The van der Waals surface area contributed by atoms with Gasteiger partial charge in [-0.1, -0.05) is 6.07 Å². The molecular formula is C13H14N4. The van der Waals surface area contributed by atoms with Crippen LogP contribution in [0.1, 0.15) is 17.0 Å². The fourth-order valence-corrected chi connectivity index (χ4v) is 1.68. The predicted octanol–water partition coefficient (Wildman–Crippen LogP) is 1.58. The maximum atomic E-state index is 8.83. The minimum absolute atomic E-state index is 0.680. The number of rotatable bonds is 4. The van der Waals surface area contributed by atoms with Crippen molar-refractivity contribution < 1.29 is 0 Å². The van der Waals surface area contributed by atoms with Gasteiger partial charge < -0.3 is 9.88 Å². The molecule has 0 fully saturated rings. The first-order valence-corrected chi connectivity index (χ1v) is 5.45. The summed E-state index contributed by atoms with van der Waals surface area (Å²) in [5.74, 6) is 0. The van der Waals surface area contributed by atoms with Crippen molar-refractivity contribution in [1.29, 1.82) is 5.26 Å². The molecule has 0 aliphatic heterocycles. The van der Waals surface area contributed by atoms with Crippen LogP contribution in [0.3, 0.4) is 0 Å². The summed E-state index contributed by atoms with van der Waals surface area (Å²) in [5, 5.41) is 12.1. The second-order valence-electron chi connectivity index (χ2n) is 3.88. The van der Waals surface area contributed by atoms with Gasteiger partial charge in [-0.05, 0) is 23.8 Å². The molecule has 0 atom stereocenters. The molecule has 1 N–H and O–H groups in total. The first kappa shape index (κ1) is 11.4. The van der Waals surface area contributed by atoms with Crippen LogP contribution in [0.4, 0.5) is 0 Å². The molecule has 86 valence electrons. The molecule has 0 aromatic carbocycles. The molecular weight excluding hydrogens is 212 g/mol. The van der Waals surface area contributed by atoms with Crippen LogP contribution < -0.4 is 5.32 Å². The third-order valence-corrected chi connectivity index (χ3v) is 2.54. The maximum Gasteiger partial charge on any atom is 0.120 e. The summed E-state index contributed by atoms with van der Waals surface area (Å²) < 4.78 is 1.83. The fraction of sp³-hybridized carbons (Fsp3) is 0.231.